The fraction of sp³-hybridized carbons (Fsp3) is 1.00. The van der Waals surface area contributed by atoms with E-state index >= 15 is 0 Å². The van der Waals surface area contributed by atoms with Gasteiger partial charge in [-0.1, -0.05) is 27.2 Å². The van der Waals surface area contributed by atoms with Gasteiger partial charge in [0.05, 0.1) is 6.10 Å². The van der Waals surface area contributed by atoms with Crippen LogP contribution in [0.5, 0.6) is 0 Å². The average molecular weight is 168 g/mol. The Morgan fingerprint density at radius 1 is 1.17 bits per heavy atom. The summed E-state index contributed by atoms with van der Waals surface area (Å²) in [6, 6.07) is 0. The Balaban J connectivity index is 2.20. The van der Waals surface area contributed by atoms with Crippen molar-refractivity contribution in [3.05, 3.63) is 0 Å². The highest BCUT2D eigenvalue weighted by Gasteiger charge is 2.57. The highest BCUT2D eigenvalue weighted by molar-refractivity contribution is 5.07. The fourth-order valence-electron chi connectivity index (χ4n) is 3.49. The molecule has 0 aromatic carbocycles. The topological polar surface area (TPSA) is 20.2 Å². The van der Waals surface area contributed by atoms with Crippen LogP contribution in [0.2, 0.25) is 0 Å². The molecule has 0 radical (unpaired) electrons. The predicted octanol–water partition coefficient (Wildman–Crippen LogP) is 2.58. The summed E-state index contributed by atoms with van der Waals surface area (Å²) in [4.78, 5) is 0. The predicted molar refractivity (Wildman–Crippen MR) is 49.9 cm³/mol. The van der Waals surface area contributed by atoms with Crippen molar-refractivity contribution in [3.8, 4) is 0 Å². The summed E-state index contributed by atoms with van der Waals surface area (Å²) in [5, 5.41) is 9.73. The van der Waals surface area contributed by atoms with E-state index in [1.807, 2.05) is 0 Å². The molecule has 0 bridgehead atoms. The Morgan fingerprint density at radius 2 is 1.83 bits per heavy atom. The lowest BCUT2D eigenvalue weighted by Gasteiger charge is -2.61. The fourth-order valence-corrected chi connectivity index (χ4v) is 3.49. The minimum atomic E-state index is -0.0120. The molecule has 3 atom stereocenters. The van der Waals surface area contributed by atoms with Gasteiger partial charge in [-0.05, 0) is 36.0 Å². The molecule has 0 aliphatic heterocycles. The van der Waals surface area contributed by atoms with Gasteiger partial charge in [-0.15, -0.1) is 0 Å². The molecule has 2 rings (SSSR count). The van der Waals surface area contributed by atoms with Gasteiger partial charge < -0.3 is 5.11 Å². The standard InChI is InChI=1S/C11H20O/c1-10(2)5-4-6-11(3)8(10)7-9(11)12/h8-9,12H,4-7H2,1-3H3/t8?,9-,11?/m1/s1. The first kappa shape index (κ1) is 8.55. The Bertz CT molecular complexity index is 197. The molecule has 0 heterocycles. The zero-order valence-corrected chi connectivity index (χ0v) is 8.43. The molecule has 2 unspecified atom stereocenters. The second-order valence-electron chi connectivity index (χ2n) is 5.65. The minimum Gasteiger partial charge on any atom is -0.393 e. The number of aliphatic hydroxyl groups excluding tert-OH is 1. The largest absolute Gasteiger partial charge is 0.393 e. The molecular weight excluding hydrogens is 148 g/mol. The minimum absolute atomic E-state index is 0.0120. The molecule has 2 saturated carbocycles. The van der Waals surface area contributed by atoms with Gasteiger partial charge in [0.2, 0.25) is 0 Å². The summed E-state index contributed by atoms with van der Waals surface area (Å²) < 4.78 is 0. The van der Waals surface area contributed by atoms with Crippen LogP contribution in [0.1, 0.15) is 46.5 Å². The Labute approximate surface area is 75.2 Å². The zero-order valence-electron chi connectivity index (χ0n) is 8.43. The highest BCUT2D eigenvalue weighted by atomic mass is 16.3. The first-order valence-electron chi connectivity index (χ1n) is 5.15. The van der Waals surface area contributed by atoms with Crippen molar-refractivity contribution >= 4 is 0 Å². The first-order chi connectivity index (χ1) is 5.47. The molecule has 1 nitrogen and oxygen atoms in total. The summed E-state index contributed by atoms with van der Waals surface area (Å²) in [7, 11) is 0. The Morgan fingerprint density at radius 3 is 2.33 bits per heavy atom. The summed E-state index contributed by atoms with van der Waals surface area (Å²) in [5.74, 6) is 0.772. The van der Waals surface area contributed by atoms with Crippen LogP contribution in [0.15, 0.2) is 0 Å². The third-order valence-corrected chi connectivity index (χ3v) is 4.50. The van der Waals surface area contributed by atoms with Crippen LogP contribution in [-0.4, -0.2) is 11.2 Å². The molecule has 0 aromatic heterocycles. The van der Waals surface area contributed by atoms with Crippen LogP contribution in [0.4, 0.5) is 0 Å². The molecular formula is C11H20O. The molecule has 1 N–H and O–H groups in total. The molecule has 2 aliphatic carbocycles. The third kappa shape index (κ3) is 0.891. The van der Waals surface area contributed by atoms with Crippen LogP contribution < -0.4 is 0 Å². The second kappa shape index (κ2) is 2.25. The highest BCUT2D eigenvalue weighted by Crippen LogP contribution is 2.61. The lowest BCUT2D eigenvalue weighted by molar-refractivity contribution is -0.181. The van der Waals surface area contributed by atoms with Gasteiger partial charge in [0, 0.05) is 0 Å². The van der Waals surface area contributed by atoms with Crippen molar-refractivity contribution in [2.45, 2.75) is 52.6 Å². The van der Waals surface area contributed by atoms with E-state index < -0.39 is 0 Å². The van der Waals surface area contributed by atoms with Crippen molar-refractivity contribution in [1.82, 2.24) is 0 Å². The summed E-state index contributed by atoms with van der Waals surface area (Å²) in [6.07, 6.45) is 4.92. The van der Waals surface area contributed by atoms with E-state index in [-0.39, 0.29) is 11.5 Å². The first-order valence-corrected chi connectivity index (χ1v) is 5.15. The van der Waals surface area contributed by atoms with Crippen molar-refractivity contribution in [2.75, 3.05) is 0 Å². The maximum absolute atomic E-state index is 9.73. The molecule has 2 fully saturated rings. The van der Waals surface area contributed by atoms with E-state index in [4.69, 9.17) is 0 Å². The van der Waals surface area contributed by atoms with Gasteiger partial charge in [-0.25, -0.2) is 0 Å². The van der Waals surface area contributed by atoms with Gasteiger partial charge in [0.25, 0.3) is 0 Å². The number of hydrogen-bond acceptors (Lipinski definition) is 1. The molecule has 1 heteroatoms. The third-order valence-electron chi connectivity index (χ3n) is 4.50. The van der Waals surface area contributed by atoms with E-state index in [1.165, 1.54) is 19.3 Å². The normalized spacial score (nSPS) is 51.0. The van der Waals surface area contributed by atoms with Gasteiger partial charge >= 0.3 is 0 Å². The SMILES string of the molecule is CC1(C)CCCC2(C)C1C[C@H]2O. The summed E-state index contributed by atoms with van der Waals surface area (Å²) >= 11 is 0. The van der Waals surface area contributed by atoms with Crippen molar-refractivity contribution < 1.29 is 5.11 Å². The number of aliphatic hydroxyl groups is 1. The number of hydrogen-bond donors (Lipinski definition) is 1. The summed E-state index contributed by atoms with van der Waals surface area (Å²) in [6.45, 7) is 6.99. The van der Waals surface area contributed by atoms with Gasteiger partial charge in [0.15, 0.2) is 0 Å². The lowest BCUT2D eigenvalue weighted by atomic mass is 9.45. The smallest absolute Gasteiger partial charge is 0.0599 e. The number of fused-ring (bicyclic) bond motifs is 1. The monoisotopic (exact) mass is 168 g/mol. The maximum Gasteiger partial charge on any atom is 0.0599 e. The zero-order chi connectivity index (χ0) is 8.98. The molecule has 70 valence electrons. The van der Waals surface area contributed by atoms with Gasteiger partial charge in [0.1, 0.15) is 0 Å². The van der Waals surface area contributed by atoms with Crippen molar-refractivity contribution in [2.24, 2.45) is 16.7 Å². The van der Waals surface area contributed by atoms with E-state index in [2.05, 4.69) is 20.8 Å². The van der Waals surface area contributed by atoms with Crippen molar-refractivity contribution in [1.29, 1.82) is 0 Å². The van der Waals surface area contributed by atoms with E-state index in [0.717, 1.165) is 12.3 Å². The van der Waals surface area contributed by atoms with E-state index in [9.17, 15) is 5.11 Å². The summed E-state index contributed by atoms with van der Waals surface area (Å²) in [5.41, 5.74) is 0.744. The molecule has 0 saturated heterocycles. The van der Waals surface area contributed by atoms with Gasteiger partial charge in [-0.2, -0.15) is 0 Å². The van der Waals surface area contributed by atoms with Crippen LogP contribution in [0.25, 0.3) is 0 Å². The Kier molecular flexibility index (Phi) is 1.61. The molecule has 0 spiro atoms. The molecule has 0 aromatic rings. The Hall–Kier alpha value is -0.0400. The van der Waals surface area contributed by atoms with E-state index in [1.54, 1.807) is 0 Å². The number of rotatable bonds is 0. The molecule has 2 aliphatic rings. The van der Waals surface area contributed by atoms with Gasteiger partial charge in [-0.3, -0.25) is 0 Å². The second-order valence-corrected chi connectivity index (χ2v) is 5.65. The van der Waals surface area contributed by atoms with Crippen LogP contribution in [-0.2, 0) is 0 Å². The van der Waals surface area contributed by atoms with E-state index in [0.29, 0.717) is 5.41 Å². The van der Waals surface area contributed by atoms with Crippen LogP contribution >= 0.6 is 0 Å². The van der Waals surface area contributed by atoms with Crippen molar-refractivity contribution in [3.63, 3.8) is 0 Å². The maximum atomic E-state index is 9.73. The molecule has 12 heavy (non-hydrogen) atoms. The lowest BCUT2D eigenvalue weighted by Crippen LogP contribution is -2.58. The molecule has 0 amide bonds. The van der Waals surface area contributed by atoms with Crippen LogP contribution in [0, 0.1) is 16.7 Å². The average Bonchev–Trinajstić information content (AvgIpc) is 1.97. The quantitative estimate of drug-likeness (QED) is 0.589. The van der Waals surface area contributed by atoms with Crippen LogP contribution in [0.3, 0.4) is 0 Å².